The molecule has 0 spiro atoms. The minimum absolute atomic E-state index is 0.0922. The molecule has 7 nitrogen and oxygen atoms in total. The highest BCUT2D eigenvalue weighted by molar-refractivity contribution is 7.17. The Balaban J connectivity index is 1.36. The molecule has 8 heteroatoms. The zero-order chi connectivity index (χ0) is 20.4. The van der Waals surface area contributed by atoms with E-state index in [-0.39, 0.29) is 5.91 Å². The van der Waals surface area contributed by atoms with Crippen LogP contribution in [0.4, 0.5) is 10.8 Å². The summed E-state index contributed by atoms with van der Waals surface area (Å²) in [4.78, 5) is 34.6. The highest BCUT2D eigenvalue weighted by atomic mass is 32.1. The maximum absolute atomic E-state index is 12.7. The van der Waals surface area contributed by atoms with Gasteiger partial charge in [0.15, 0.2) is 0 Å². The van der Waals surface area contributed by atoms with Gasteiger partial charge in [0.25, 0.3) is 5.91 Å². The molecular weight excluding hydrogens is 386 g/mol. The van der Waals surface area contributed by atoms with E-state index < -0.39 is 5.91 Å². The van der Waals surface area contributed by atoms with Gasteiger partial charge in [0, 0.05) is 37.3 Å². The van der Waals surface area contributed by atoms with Gasteiger partial charge in [0.05, 0.1) is 12.1 Å². The molecule has 1 fully saturated rings. The van der Waals surface area contributed by atoms with Crippen molar-refractivity contribution in [3.05, 3.63) is 40.4 Å². The Labute approximate surface area is 174 Å². The Morgan fingerprint density at radius 1 is 1.28 bits per heavy atom. The number of piperazine rings is 1. The number of rotatable bonds is 5. The van der Waals surface area contributed by atoms with E-state index in [1.807, 2.05) is 18.2 Å². The first-order valence-corrected chi connectivity index (χ1v) is 11.0. The summed E-state index contributed by atoms with van der Waals surface area (Å²) in [5.74, 6) is 1.03. The highest BCUT2D eigenvalue weighted by Gasteiger charge is 2.28. The molecule has 2 aromatic heterocycles. The molecule has 3 N–H and O–H groups in total. The Hall–Kier alpha value is -2.45. The second-order valence-electron chi connectivity index (χ2n) is 7.92. The summed E-state index contributed by atoms with van der Waals surface area (Å²) in [5.41, 5.74) is 7.20. The molecule has 2 aliphatic rings. The molecule has 1 aliphatic heterocycles. The van der Waals surface area contributed by atoms with Crippen molar-refractivity contribution in [3.63, 3.8) is 0 Å². The molecular formula is C21H27N5O2S. The summed E-state index contributed by atoms with van der Waals surface area (Å²) in [6.45, 7) is 5.79. The van der Waals surface area contributed by atoms with Crippen LogP contribution in [-0.4, -0.2) is 54.4 Å². The van der Waals surface area contributed by atoms with Crippen LogP contribution in [0.3, 0.4) is 0 Å². The van der Waals surface area contributed by atoms with Crippen molar-refractivity contribution in [2.24, 2.45) is 11.7 Å². The molecule has 2 aromatic rings. The SMILES string of the molecule is CC1CCc2c(sc(NC(=O)CN3CCN(c4ccccn4)CC3)c2C(N)=O)C1. The van der Waals surface area contributed by atoms with Crippen molar-refractivity contribution >= 4 is 34.0 Å². The molecule has 1 saturated heterocycles. The number of carbonyl (C=O) groups is 2. The topological polar surface area (TPSA) is 91.6 Å². The molecule has 1 unspecified atom stereocenters. The first-order chi connectivity index (χ1) is 14.0. The number of hydrogen-bond acceptors (Lipinski definition) is 6. The number of anilines is 2. The average molecular weight is 414 g/mol. The number of pyridine rings is 1. The van der Waals surface area contributed by atoms with E-state index in [4.69, 9.17) is 5.73 Å². The lowest BCUT2D eigenvalue weighted by Crippen LogP contribution is -2.48. The van der Waals surface area contributed by atoms with Gasteiger partial charge in [0.1, 0.15) is 10.8 Å². The van der Waals surface area contributed by atoms with E-state index in [1.54, 1.807) is 6.20 Å². The predicted octanol–water partition coefficient (Wildman–Crippen LogP) is 2.13. The van der Waals surface area contributed by atoms with E-state index in [0.717, 1.165) is 56.8 Å². The third-order valence-electron chi connectivity index (χ3n) is 5.72. The Morgan fingerprint density at radius 2 is 2.07 bits per heavy atom. The number of fused-ring (bicyclic) bond motifs is 1. The van der Waals surface area contributed by atoms with Gasteiger partial charge in [-0.25, -0.2) is 4.98 Å². The quantitative estimate of drug-likeness (QED) is 0.784. The molecule has 0 radical (unpaired) electrons. The molecule has 154 valence electrons. The van der Waals surface area contributed by atoms with E-state index in [2.05, 4.69) is 27.0 Å². The lowest BCUT2D eigenvalue weighted by atomic mass is 9.88. The number of nitrogens with two attached hydrogens (primary N) is 1. The zero-order valence-electron chi connectivity index (χ0n) is 16.7. The highest BCUT2D eigenvalue weighted by Crippen LogP contribution is 2.39. The maximum atomic E-state index is 12.7. The molecule has 1 aliphatic carbocycles. The third kappa shape index (κ3) is 4.43. The summed E-state index contributed by atoms with van der Waals surface area (Å²) in [6.07, 6.45) is 4.66. The van der Waals surface area contributed by atoms with Gasteiger partial charge >= 0.3 is 0 Å². The molecule has 2 amide bonds. The molecule has 0 saturated carbocycles. The fourth-order valence-electron chi connectivity index (χ4n) is 4.14. The van der Waals surface area contributed by atoms with Crippen LogP contribution in [0.2, 0.25) is 0 Å². The lowest BCUT2D eigenvalue weighted by molar-refractivity contribution is -0.117. The monoisotopic (exact) mass is 413 g/mol. The zero-order valence-corrected chi connectivity index (χ0v) is 17.5. The van der Waals surface area contributed by atoms with Crippen LogP contribution in [-0.2, 0) is 17.6 Å². The van der Waals surface area contributed by atoms with Gasteiger partial charge in [0.2, 0.25) is 5.91 Å². The lowest BCUT2D eigenvalue weighted by Gasteiger charge is -2.34. The average Bonchev–Trinajstić information content (AvgIpc) is 3.06. The van der Waals surface area contributed by atoms with E-state index in [9.17, 15) is 9.59 Å². The molecule has 29 heavy (non-hydrogen) atoms. The summed E-state index contributed by atoms with van der Waals surface area (Å²) in [6, 6.07) is 5.90. The summed E-state index contributed by atoms with van der Waals surface area (Å²) >= 11 is 1.51. The standard InChI is InChI=1S/C21H27N5O2S/c1-14-5-6-15-16(12-14)29-21(19(15)20(22)28)24-18(27)13-25-8-10-26(11-9-25)17-4-2-3-7-23-17/h2-4,7,14H,5-6,8-13H2,1H3,(H2,22,28)(H,24,27). The Bertz CT molecular complexity index is 890. The number of carbonyl (C=O) groups excluding carboxylic acids is 2. The van der Waals surface area contributed by atoms with Crippen molar-refractivity contribution in [1.82, 2.24) is 9.88 Å². The van der Waals surface area contributed by atoms with Crippen LogP contribution in [0, 0.1) is 5.92 Å². The van der Waals surface area contributed by atoms with Gasteiger partial charge in [-0.3, -0.25) is 14.5 Å². The minimum Gasteiger partial charge on any atom is -0.365 e. The number of primary amides is 1. The number of thiophene rings is 1. The van der Waals surface area contributed by atoms with Crippen molar-refractivity contribution in [2.75, 3.05) is 42.9 Å². The van der Waals surface area contributed by atoms with Crippen LogP contribution in [0.15, 0.2) is 24.4 Å². The molecule has 4 rings (SSSR count). The third-order valence-corrected chi connectivity index (χ3v) is 6.89. The second-order valence-corrected chi connectivity index (χ2v) is 9.02. The molecule has 0 aromatic carbocycles. The summed E-state index contributed by atoms with van der Waals surface area (Å²) in [5, 5.41) is 3.58. The Morgan fingerprint density at radius 3 is 2.76 bits per heavy atom. The van der Waals surface area contributed by atoms with Gasteiger partial charge < -0.3 is 16.0 Å². The molecule has 1 atom stereocenters. The second kappa shape index (κ2) is 8.51. The van der Waals surface area contributed by atoms with Gasteiger partial charge in [-0.15, -0.1) is 11.3 Å². The molecule has 3 heterocycles. The van der Waals surface area contributed by atoms with Crippen LogP contribution >= 0.6 is 11.3 Å². The van der Waals surface area contributed by atoms with Crippen LogP contribution < -0.4 is 16.0 Å². The van der Waals surface area contributed by atoms with Crippen LogP contribution in [0.25, 0.3) is 0 Å². The number of nitrogens with zero attached hydrogens (tertiary/aromatic N) is 3. The fraction of sp³-hybridized carbons (Fsp3) is 0.476. The largest absolute Gasteiger partial charge is 0.365 e. The number of aromatic nitrogens is 1. The van der Waals surface area contributed by atoms with E-state index in [1.165, 1.54) is 16.2 Å². The number of amides is 2. The van der Waals surface area contributed by atoms with Crippen molar-refractivity contribution in [3.8, 4) is 0 Å². The first kappa shape index (κ1) is 19.8. The van der Waals surface area contributed by atoms with Gasteiger partial charge in [-0.05, 0) is 42.9 Å². The van der Waals surface area contributed by atoms with Gasteiger partial charge in [-0.2, -0.15) is 0 Å². The summed E-state index contributed by atoms with van der Waals surface area (Å²) < 4.78 is 0. The van der Waals surface area contributed by atoms with Gasteiger partial charge in [-0.1, -0.05) is 13.0 Å². The van der Waals surface area contributed by atoms with Crippen molar-refractivity contribution < 1.29 is 9.59 Å². The number of nitrogens with one attached hydrogen (secondary N) is 1. The first-order valence-electron chi connectivity index (χ1n) is 10.1. The summed E-state index contributed by atoms with van der Waals surface area (Å²) in [7, 11) is 0. The number of hydrogen-bond donors (Lipinski definition) is 2. The van der Waals surface area contributed by atoms with Crippen LogP contribution in [0.1, 0.15) is 34.1 Å². The van der Waals surface area contributed by atoms with Crippen molar-refractivity contribution in [1.29, 1.82) is 0 Å². The van der Waals surface area contributed by atoms with E-state index in [0.29, 0.717) is 23.0 Å². The van der Waals surface area contributed by atoms with Crippen LogP contribution in [0.5, 0.6) is 0 Å². The predicted molar refractivity (Wildman–Crippen MR) is 116 cm³/mol. The maximum Gasteiger partial charge on any atom is 0.251 e. The van der Waals surface area contributed by atoms with E-state index >= 15 is 0 Å². The smallest absolute Gasteiger partial charge is 0.251 e. The molecule has 0 bridgehead atoms. The minimum atomic E-state index is -0.448. The Kier molecular flexibility index (Phi) is 5.82. The van der Waals surface area contributed by atoms with Crippen molar-refractivity contribution in [2.45, 2.75) is 26.2 Å². The fourth-order valence-corrected chi connectivity index (χ4v) is 5.58. The normalized spacial score (nSPS) is 19.6.